The van der Waals surface area contributed by atoms with Crippen LogP contribution in [-0.2, 0) is 19.9 Å². The molecular formula is C17H32ClN3. The Morgan fingerprint density at radius 3 is 2.19 bits per heavy atom. The Labute approximate surface area is 135 Å². The Morgan fingerprint density at radius 2 is 1.76 bits per heavy atom. The average molecular weight is 314 g/mol. The number of likely N-dealkylation sites (N-methyl/N-ethyl adjacent to an activating group) is 1. The van der Waals surface area contributed by atoms with Gasteiger partial charge in [0.1, 0.15) is 0 Å². The van der Waals surface area contributed by atoms with Gasteiger partial charge < -0.3 is 5.32 Å². The van der Waals surface area contributed by atoms with Crippen LogP contribution in [-0.4, -0.2) is 22.4 Å². The molecule has 0 bridgehead atoms. The molecular weight excluding hydrogens is 282 g/mol. The zero-order valence-corrected chi connectivity index (χ0v) is 15.1. The van der Waals surface area contributed by atoms with E-state index in [1.165, 1.54) is 31.4 Å². The lowest BCUT2D eigenvalue weighted by Gasteiger charge is -2.28. The van der Waals surface area contributed by atoms with Crippen molar-refractivity contribution >= 4 is 11.6 Å². The maximum Gasteiger partial charge on any atom is 0.0850 e. The van der Waals surface area contributed by atoms with Crippen molar-refractivity contribution in [1.82, 2.24) is 15.1 Å². The second kappa shape index (κ2) is 9.47. The van der Waals surface area contributed by atoms with Crippen molar-refractivity contribution in [2.75, 3.05) is 6.54 Å². The Hall–Kier alpha value is -0.540. The Bertz CT molecular complexity index is 408. The van der Waals surface area contributed by atoms with Crippen LogP contribution in [0.25, 0.3) is 0 Å². The number of aryl methyl sites for hydroxylation is 2. The van der Waals surface area contributed by atoms with Gasteiger partial charge in [0.2, 0.25) is 0 Å². The van der Waals surface area contributed by atoms with Gasteiger partial charge in [0.15, 0.2) is 0 Å². The molecule has 1 aromatic rings. The van der Waals surface area contributed by atoms with Gasteiger partial charge in [-0.15, -0.1) is 0 Å². The molecule has 3 nitrogen and oxygen atoms in total. The highest BCUT2D eigenvalue weighted by Gasteiger charge is 2.23. The second-order valence-electron chi connectivity index (χ2n) is 5.89. The molecule has 0 aliphatic heterocycles. The molecule has 122 valence electrons. The molecule has 0 spiro atoms. The first-order valence-electron chi connectivity index (χ1n) is 8.52. The van der Waals surface area contributed by atoms with Crippen LogP contribution in [0.1, 0.15) is 64.8 Å². The van der Waals surface area contributed by atoms with Gasteiger partial charge in [-0.2, -0.15) is 5.10 Å². The predicted molar refractivity (Wildman–Crippen MR) is 92.1 cm³/mol. The normalized spacial score (nSPS) is 13.1. The van der Waals surface area contributed by atoms with E-state index in [9.17, 15) is 0 Å². The van der Waals surface area contributed by atoms with E-state index in [-0.39, 0.29) is 0 Å². The van der Waals surface area contributed by atoms with Crippen molar-refractivity contribution in [3.05, 3.63) is 16.4 Å². The Morgan fingerprint density at radius 1 is 1.14 bits per heavy atom. The first-order chi connectivity index (χ1) is 10.1. The lowest BCUT2D eigenvalue weighted by Crippen LogP contribution is -2.38. The quantitative estimate of drug-likeness (QED) is 0.695. The highest BCUT2D eigenvalue weighted by molar-refractivity contribution is 6.31. The number of rotatable bonds is 10. The fourth-order valence-electron chi connectivity index (χ4n) is 3.21. The maximum atomic E-state index is 6.52. The summed E-state index contributed by atoms with van der Waals surface area (Å²) in [6, 6.07) is 0.493. The van der Waals surface area contributed by atoms with Crippen LogP contribution in [0.15, 0.2) is 0 Å². The zero-order valence-electron chi connectivity index (χ0n) is 14.4. The molecule has 4 heteroatoms. The van der Waals surface area contributed by atoms with E-state index in [4.69, 9.17) is 11.6 Å². The molecule has 0 radical (unpaired) electrons. The monoisotopic (exact) mass is 313 g/mol. The van der Waals surface area contributed by atoms with Crippen LogP contribution in [0.3, 0.4) is 0 Å². The summed E-state index contributed by atoms with van der Waals surface area (Å²) in [5.41, 5.74) is 2.20. The van der Waals surface area contributed by atoms with E-state index in [0.29, 0.717) is 6.04 Å². The van der Waals surface area contributed by atoms with Crippen LogP contribution < -0.4 is 5.32 Å². The summed E-state index contributed by atoms with van der Waals surface area (Å²) in [7, 11) is 2.01. The third kappa shape index (κ3) is 5.00. The van der Waals surface area contributed by atoms with E-state index in [2.05, 4.69) is 38.1 Å². The number of aromatic nitrogens is 2. The van der Waals surface area contributed by atoms with E-state index >= 15 is 0 Å². The number of nitrogens with zero attached hydrogens (tertiary/aromatic N) is 2. The third-order valence-corrected chi connectivity index (χ3v) is 4.71. The smallest absolute Gasteiger partial charge is 0.0850 e. The van der Waals surface area contributed by atoms with Gasteiger partial charge >= 0.3 is 0 Å². The van der Waals surface area contributed by atoms with Gasteiger partial charge in [-0.25, -0.2) is 0 Å². The molecule has 0 amide bonds. The molecule has 1 atom stereocenters. The summed E-state index contributed by atoms with van der Waals surface area (Å²) >= 11 is 6.52. The van der Waals surface area contributed by atoms with Crippen molar-refractivity contribution in [3.8, 4) is 0 Å². The van der Waals surface area contributed by atoms with Crippen molar-refractivity contribution in [2.24, 2.45) is 13.0 Å². The zero-order chi connectivity index (χ0) is 15.8. The van der Waals surface area contributed by atoms with Crippen molar-refractivity contribution in [3.63, 3.8) is 0 Å². The third-order valence-electron chi connectivity index (χ3n) is 4.27. The fourth-order valence-corrected chi connectivity index (χ4v) is 3.58. The molecule has 1 unspecified atom stereocenters. The van der Waals surface area contributed by atoms with Gasteiger partial charge in [-0.3, -0.25) is 4.68 Å². The van der Waals surface area contributed by atoms with E-state index in [0.717, 1.165) is 36.0 Å². The highest BCUT2D eigenvalue weighted by Crippen LogP contribution is 2.26. The molecule has 0 aliphatic carbocycles. The summed E-state index contributed by atoms with van der Waals surface area (Å²) in [5, 5.41) is 9.10. The van der Waals surface area contributed by atoms with Crippen molar-refractivity contribution in [2.45, 2.75) is 72.3 Å². The lowest BCUT2D eigenvalue weighted by molar-refractivity contribution is 0.308. The van der Waals surface area contributed by atoms with Crippen molar-refractivity contribution < 1.29 is 0 Å². The van der Waals surface area contributed by atoms with Gasteiger partial charge in [0, 0.05) is 19.5 Å². The molecule has 0 saturated heterocycles. The first kappa shape index (κ1) is 18.5. The van der Waals surface area contributed by atoms with Gasteiger partial charge in [0.05, 0.1) is 16.4 Å². The van der Waals surface area contributed by atoms with Gasteiger partial charge in [-0.1, -0.05) is 52.1 Å². The highest BCUT2D eigenvalue weighted by atomic mass is 35.5. The summed E-state index contributed by atoms with van der Waals surface area (Å²) < 4.78 is 1.97. The largest absolute Gasteiger partial charge is 0.314 e. The summed E-state index contributed by atoms with van der Waals surface area (Å²) in [4.78, 5) is 0. The fraction of sp³-hybridized carbons (Fsp3) is 0.824. The van der Waals surface area contributed by atoms with Crippen LogP contribution in [0.2, 0.25) is 5.02 Å². The molecule has 1 N–H and O–H groups in total. The van der Waals surface area contributed by atoms with Crippen LogP contribution in [0, 0.1) is 5.92 Å². The molecule has 0 aromatic carbocycles. The predicted octanol–water partition coefficient (Wildman–Crippen LogP) is 4.37. The molecule has 1 rings (SSSR count). The van der Waals surface area contributed by atoms with Crippen LogP contribution in [0.4, 0.5) is 0 Å². The minimum atomic E-state index is 0.493. The molecule has 0 saturated carbocycles. The van der Waals surface area contributed by atoms with E-state index in [1.807, 2.05) is 11.7 Å². The molecule has 21 heavy (non-hydrogen) atoms. The first-order valence-corrected chi connectivity index (χ1v) is 8.90. The molecule has 1 aromatic heterocycles. The van der Waals surface area contributed by atoms with Crippen LogP contribution in [0.5, 0.6) is 0 Å². The second-order valence-corrected chi connectivity index (χ2v) is 6.27. The Kier molecular flexibility index (Phi) is 8.35. The SMILES string of the molecule is CCCC(CCC)C(Cc1c(Cl)c(CC)nn1C)NCC. The minimum absolute atomic E-state index is 0.493. The number of nitrogens with one attached hydrogen (secondary N) is 1. The Balaban J connectivity index is 2.93. The topological polar surface area (TPSA) is 29.9 Å². The van der Waals surface area contributed by atoms with Gasteiger partial charge in [0.25, 0.3) is 0 Å². The summed E-state index contributed by atoms with van der Waals surface area (Å²) in [5.74, 6) is 0.719. The number of halogens is 1. The minimum Gasteiger partial charge on any atom is -0.314 e. The van der Waals surface area contributed by atoms with Crippen molar-refractivity contribution in [1.29, 1.82) is 0 Å². The molecule has 0 fully saturated rings. The average Bonchev–Trinajstić information content (AvgIpc) is 2.73. The number of hydrogen-bond acceptors (Lipinski definition) is 2. The summed E-state index contributed by atoms with van der Waals surface area (Å²) in [6.45, 7) is 9.85. The maximum absolute atomic E-state index is 6.52. The van der Waals surface area contributed by atoms with Crippen LogP contribution >= 0.6 is 11.6 Å². The summed E-state index contributed by atoms with van der Waals surface area (Å²) in [6.07, 6.45) is 6.91. The van der Waals surface area contributed by atoms with E-state index < -0.39 is 0 Å². The number of hydrogen-bond donors (Lipinski definition) is 1. The lowest BCUT2D eigenvalue weighted by atomic mass is 9.87. The standard InChI is InChI=1S/C17H32ClN3/c1-6-10-13(11-7-2)15(19-9-4)12-16-17(18)14(8-3)20-21(16)5/h13,15,19H,6-12H2,1-5H3. The van der Waals surface area contributed by atoms with Gasteiger partial charge in [-0.05, 0) is 31.7 Å². The molecule has 0 aliphatic rings. The molecule has 1 heterocycles. The van der Waals surface area contributed by atoms with E-state index in [1.54, 1.807) is 0 Å².